The van der Waals surface area contributed by atoms with Crippen LogP contribution in [0.4, 0.5) is 5.69 Å². The summed E-state index contributed by atoms with van der Waals surface area (Å²) in [5.74, 6) is 0.558. The fraction of sp³-hybridized carbons (Fsp3) is 0.348. The highest BCUT2D eigenvalue weighted by molar-refractivity contribution is 8.00. The van der Waals surface area contributed by atoms with Crippen LogP contribution in [0.2, 0.25) is 0 Å². The minimum atomic E-state index is -0.430. The van der Waals surface area contributed by atoms with Gasteiger partial charge in [-0.1, -0.05) is 30.3 Å². The fourth-order valence-corrected chi connectivity index (χ4v) is 4.30. The van der Waals surface area contributed by atoms with Gasteiger partial charge in [-0.25, -0.2) is 0 Å². The number of hydrogen-bond acceptors (Lipinski definition) is 6. The van der Waals surface area contributed by atoms with Gasteiger partial charge in [0, 0.05) is 38.2 Å². The highest BCUT2D eigenvalue weighted by Crippen LogP contribution is 2.17. The van der Waals surface area contributed by atoms with Crippen molar-refractivity contribution in [3.8, 4) is 5.75 Å². The number of thioether (sulfide) groups is 1. The van der Waals surface area contributed by atoms with Crippen LogP contribution in [0.25, 0.3) is 0 Å². The molecule has 0 saturated carbocycles. The van der Waals surface area contributed by atoms with E-state index in [1.165, 1.54) is 11.8 Å². The summed E-state index contributed by atoms with van der Waals surface area (Å²) in [6.07, 6.45) is 0.383. The first-order chi connectivity index (χ1) is 15.4. The van der Waals surface area contributed by atoms with Gasteiger partial charge in [0.1, 0.15) is 11.2 Å². The molecule has 1 fully saturated rings. The number of hydrogen-bond donors (Lipinski definition) is 3. The van der Waals surface area contributed by atoms with E-state index >= 15 is 0 Å². The Morgan fingerprint density at radius 2 is 1.97 bits per heavy atom. The van der Waals surface area contributed by atoms with Crippen LogP contribution in [0.3, 0.4) is 0 Å². The molecule has 2 unspecified atom stereocenters. The molecule has 3 N–H and O–H groups in total. The zero-order chi connectivity index (χ0) is 22.9. The zero-order valence-corrected chi connectivity index (χ0v) is 19.0. The molecule has 2 atom stereocenters. The monoisotopic (exact) mass is 456 g/mol. The molecule has 3 rings (SSSR count). The smallest absolute Gasteiger partial charge is 0.236 e. The summed E-state index contributed by atoms with van der Waals surface area (Å²) in [4.78, 5) is 38.6. The van der Waals surface area contributed by atoms with Crippen LogP contribution < -0.4 is 25.6 Å². The summed E-state index contributed by atoms with van der Waals surface area (Å²) < 4.78 is 5.19. The number of carbonyl (C=O) groups excluding carboxylic acids is 3. The molecular formula is C23H28N4O4S. The maximum absolute atomic E-state index is 12.5. The average molecular weight is 457 g/mol. The third-order valence-corrected chi connectivity index (χ3v) is 6.06. The molecule has 9 heteroatoms. The van der Waals surface area contributed by atoms with Crippen molar-refractivity contribution < 1.29 is 19.1 Å². The molecule has 32 heavy (non-hydrogen) atoms. The Morgan fingerprint density at radius 1 is 1.19 bits per heavy atom. The largest absolute Gasteiger partial charge is 0.497 e. The van der Waals surface area contributed by atoms with Crippen molar-refractivity contribution in [2.45, 2.75) is 30.9 Å². The quantitative estimate of drug-likeness (QED) is 0.533. The van der Waals surface area contributed by atoms with E-state index in [9.17, 15) is 14.4 Å². The first kappa shape index (κ1) is 23.6. The van der Waals surface area contributed by atoms with Gasteiger partial charge in [0.25, 0.3) is 0 Å². The highest BCUT2D eigenvalue weighted by Gasteiger charge is 2.28. The molecule has 1 heterocycles. The van der Waals surface area contributed by atoms with Crippen LogP contribution >= 0.6 is 11.8 Å². The summed E-state index contributed by atoms with van der Waals surface area (Å²) in [5, 5.41) is 8.94. The van der Waals surface area contributed by atoms with Gasteiger partial charge in [0.2, 0.25) is 17.7 Å². The summed E-state index contributed by atoms with van der Waals surface area (Å²) >= 11 is 1.30. The third kappa shape index (κ3) is 7.00. The number of methoxy groups -OCH3 is 1. The van der Waals surface area contributed by atoms with Crippen molar-refractivity contribution >= 4 is 35.2 Å². The molecule has 1 aliphatic rings. The number of anilines is 1. The lowest BCUT2D eigenvalue weighted by molar-refractivity contribution is -0.125. The van der Waals surface area contributed by atoms with Crippen molar-refractivity contribution in [2.75, 3.05) is 24.8 Å². The van der Waals surface area contributed by atoms with E-state index in [-0.39, 0.29) is 42.4 Å². The normalized spacial score (nSPS) is 17.9. The summed E-state index contributed by atoms with van der Waals surface area (Å²) in [7, 11) is 3.32. The highest BCUT2D eigenvalue weighted by atomic mass is 32.2. The Hall–Kier alpha value is -3.04. The maximum Gasteiger partial charge on any atom is 0.236 e. The Balaban J connectivity index is 1.45. The Morgan fingerprint density at radius 3 is 2.72 bits per heavy atom. The van der Waals surface area contributed by atoms with Crippen molar-refractivity contribution in [2.24, 2.45) is 0 Å². The van der Waals surface area contributed by atoms with Crippen molar-refractivity contribution in [3.63, 3.8) is 0 Å². The average Bonchev–Trinajstić information content (AvgIpc) is 2.81. The minimum absolute atomic E-state index is 0.0737. The summed E-state index contributed by atoms with van der Waals surface area (Å²) in [6.45, 7) is 0.382. The van der Waals surface area contributed by atoms with Crippen LogP contribution in [0.5, 0.6) is 5.75 Å². The van der Waals surface area contributed by atoms with Gasteiger partial charge in [0.15, 0.2) is 0 Å². The van der Waals surface area contributed by atoms with Gasteiger partial charge in [0.05, 0.1) is 12.9 Å². The maximum atomic E-state index is 12.5. The SMILES string of the molecule is COc1cccc(CNC(=O)CC2CC(=O)NC(SCC(=O)N(C)c3ccccc3)N2)c1. The molecule has 0 spiro atoms. The lowest BCUT2D eigenvalue weighted by atomic mass is 10.1. The minimum Gasteiger partial charge on any atom is -0.497 e. The Kier molecular flexibility index (Phi) is 8.52. The molecule has 0 aliphatic carbocycles. The van der Waals surface area contributed by atoms with Gasteiger partial charge in [-0.3, -0.25) is 19.7 Å². The molecule has 1 aliphatic heterocycles. The second-order valence-electron chi connectivity index (χ2n) is 7.45. The number of amides is 3. The second kappa shape index (κ2) is 11.5. The number of ether oxygens (including phenoxy) is 1. The van der Waals surface area contributed by atoms with Gasteiger partial charge in [-0.2, -0.15) is 0 Å². The molecular weight excluding hydrogens is 428 g/mol. The number of benzene rings is 2. The van der Waals surface area contributed by atoms with Gasteiger partial charge >= 0.3 is 0 Å². The molecule has 170 valence electrons. The summed E-state index contributed by atoms with van der Waals surface area (Å²) in [5.41, 5.74) is 1.31. The Labute approximate surface area is 192 Å². The lowest BCUT2D eigenvalue weighted by Crippen LogP contribution is -2.56. The number of rotatable bonds is 9. The predicted octanol–water partition coefficient (Wildman–Crippen LogP) is 1.86. The van der Waals surface area contributed by atoms with E-state index in [1.54, 1.807) is 19.1 Å². The zero-order valence-electron chi connectivity index (χ0n) is 18.2. The van der Waals surface area contributed by atoms with Crippen LogP contribution in [0, 0.1) is 0 Å². The number of carbonyl (C=O) groups is 3. The van der Waals surface area contributed by atoms with E-state index in [0.717, 1.165) is 17.0 Å². The molecule has 1 saturated heterocycles. The number of nitrogens with zero attached hydrogens (tertiary/aromatic N) is 1. The molecule has 3 amide bonds. The topological polar surface area (TPSA) is 99.8 Å². The van der Waals surface area contributed by atoms with E-state index < -0.39 is 5.50 Å². The Bertz CT molecular complexity index is 941. The van der Waals surface area contributed by atoms with E-state index in [2.05, 4.69) is 16.0 Å². The molecule has 0 aromatic heterocycles. The van der Waals surface area contributed by atoms with Crippen LogP contribution in [-0.2, 0) is 20.9 Å². The molecule has 2 aromatic carbocycles. The lowest BCUT2D eigenvalue weighted by Gasteiger charge is -2.31. The first-order valence-electron chi connectivity index (χ1n) is 10.3. The number of para-hydroxylation sites is 1. The van der Waals surface area contributed by atoms with Gasteiger partial charge in [-0.05, 0) is 29.8 Å². The predicted molar refractivity (Wildman–Crippen MR) is 125 cm³/mol. The first-order valence-corrected chi connectivity index (χ1v) is 11.4. The standard InChI is InChI=1S/C23H28N4O4S/c1-27(18-8-4-3-5-9-18)22(30)15-32-23-25-17(13-21(29)26-23)12-20(28)24-14-16-7-6-10-19(11-16)31-2/h3-11,17,23,25H,12-15H2,1-2H3,(H,24,28)(H,26,29). The summed E-state index contributed by atoms with van der Waals surface area (Å²) in [6, 6.07) is 16.6. The third-order valence-electron chi connectivity index (χ3n) is 5.06. The molecule has 0 radical (unpaired) electrons. The van der Waals surface area contributed by atoms with E-state index in [1.807, 2.05) is 54.6 Å². The van der Waals surface area contributed by atoms with Crippen molar-refractivity contribution in [3.05, 3.63) is 60.2 Å². The molecule has 2 aromatic rings. The molecule has 8 nitrogen and oxygen atoms in total. The van der Waals surface area contributed by atoms with Gasteiger partial charge < -0.3 is 20.3 Å². The van der Waals surface area contributed by atoms with Crippen LogP contribution in [0.1, 0.15) is 18.4 Å². The van der Waals surface area contributed by atoms with Gasteiger partial charge in [-0.15, -0.1) is 11.8 Å². The van der Waals surface area contributed by atoms with Crippen LogP contribution in [0.15, 0.2) is 54.6 Å². The van der Waals surface area contributed by atoms with Crippen molar-refractivity contribution in [1.82, 2.24) is 16.0 Å². The number of nitrogens with one attached hydrogen (secondary N) is 3. The van der Waals surface area contributed by atoms with E-state index in [4.69, 9.17) is 4.74 Å². The van der Waals surface area contributed by atoms with Crippen molar-refractivity contribution in [1.29, 1.82) is 0 Å². The molecule has 0 bridgehead atoms. The van der Waals surface area contributed by atoms with E-state index in [0.29, 0.717) is 6.54 Å². The fourth-order valence-electron chi connectivity index (χ4n) is 3.29. The van der Waals surface area contributed by atoms with Crippen LogP contribution in [-0.4, -0.2) is 49.2 Å². The second-order valence-corrected chi connectivity index (χ2v) is 8.54.